The first-order valence-electron chi connectivity index (χ1n) is 9.73. The maximum absolute atomic E-state index is 12.8. The van der Waals surface area contributed by atoms with Gasteiger partial charge in [-0.2, -0.15) is 18.3 Å². The van der Waals surface area contributed by atoms with Gasteiger partial charge in [-0.15, -0.1) is 0 Å². The van der Waals surface area contributed by atoms with Gasteiger partial charge in [0.05, 0.1) is 29.8 Å². The van der Waals surface area contributed by atoms with Crippen molar-refractivity contribution < 1.29 is 22.7 Å². The van der Waals surface area contributed by atoms with Gasteiger partial charge in [0.15, 0.2) is 5.69 Å². The van der Waals surface area contributed by atoms with Crippen molar-refractivity contribution in [1.82, 2.24) is 19.7 Å². The van der Waals surface area contributed by atoms with Crippen LogP contribution in [0.25, 0.3) is 0 Å². The Balaban J connectivity index is 1.48. The molecule has 0 radical (unpaired) electrons. The Morgan fingerprint density at radius 1 is 1.23 bits per heavy atom. The highest BCUT2D eigenvalue weighted by Gasteiger charge is 2.35. The van der Waals surface area contributed by atoms with E-state index in [1.165, 1.54) is 17.1 Å². The zero-order valence-electron chi connectivity index (χ0n) is 16.1. The van der Waals surface area contributed by atoms with Crippen LogP contribution in [0.4, 0.5) is 19.0 Å². The highest BCUT2D eigenvalue weighted by atomic mass is 35.5. The summed E-state index contributed by atoms with van der Waals surface area (Å²) < 4.78 is 45.2. The highest BCUT2D eigenvalue weighted by molar-refractivity contribution is 6.33. The van der Waals surface area contributed by atoms with E-state index >= 15 is 0 Å². The number of pyridine rings is 1. The van der Waals surface area contributed by atoms with Crippen LogP contribution in [0.3, 0.4) is 0 Å². The molecule has 0 bridgehead atoms. The summed E-state index contributed by atoms with van der Waals surface area (Å²) in [7, 11) is 0. The minimum absolute atomic E-state index is 0.146. The van der Waals surface area contributed by atoms with Crippen molar-refractivity contribution in [3.05, 3.63) is 40.8 Å². The Bertz CT molecular complexity index is 914. The maximum atomic E-state index is 12.8. The number of halogens is 4. The number of ether oxygens (including phenoxy) is 1. The molecule has 2 aromatic rings. The SMILES string of the molecule is O=C(c1cnc(N2CCCC(n3ccc(C(F)(F)F)n3)C2)c(Cl)c1)N1CCOCC1. The first kappa shape index (κ1) is 20.9. The number of carbonyl (C=O) groups excluding carboxylic acids is 1. The molecule has 1 unspecified atom stereocenters. The molecule has 1 atom stereocenters. The fourth-order valence-electron chi connectivity index (χ4n) is 3.78. The second-order valence-corrected chi connectivity index (χ2v) is 7.76. The molecular formula is C19H21ClF3N5O2. The number of piperidine rings is 1. The van der Waals surface area contributed by atoms with Crippen molar-refractivity contribution in [2.24, 2.45) is 0 Å². The quantitative estimate of drug-likeness (QED) is 0.728. The van der Waals surface area contributed by atoms with Crippen molar-refractivity contribution >= 4 is 23.3 Å². The highest BCUT2D eigenvalue weighted by Crippen LogP contribution is 2.32. The van der Waals surface area contributed by atoms with Gasteiger partial charge in [0.2, 0.25) is 0 Å². The number of morpholine rings is 1. The summed E-state index contributed by atoms with van der Waals surface area (Å²) in [6.07, 6.45) is -0.138. The van der Waals surface area contributed by atoms with Crippen molar-refractivity contribution in [2.75, 3.05) is 44.3 Å². The molecular weight excluding hydrogens is 423 g/mol. The van der Waals surface area contributed by atoms with Gasteiger partial charge in [0, 0.05) is 38.6 Å². The van der Waals surface area contributed by atoms with Crippen LogP contribution in [0.1, 0.15) is 34.9 Å². The molecule has 30 heavy (non-hydrogen) atoms. The second kappa shape index (κ2) is 8.43. The lowest BCUT2D eigenvalue weighted by Crippen LogP contribution is -2.41. The van der Waals surface area contributed by atoms with Gasteiger partial charge >= 0.3 is 6.18 Å². The number of hydrogen-bond acceptors (Lipinski definition) is 5. The van der Waals surface area contributed by atoms with Crippen molar-refractivity contribution in [3.63, 3.8) is 0 Å². The van der Waals surface area contributed by atoms with E-state index in [2.05, 4.69) is 10.1 Å². The van der Waals surface area contributed by atoms with E-state index in [-0.39, 0.29) is 11.9 Å². The lowest BCUT2D eigenvalue weighted by atomic mass is 10.1. The molecule has 2 fully saturated rings. The van der Waals surface area contributed by atoms with Crippen LogP contribution in [0.5, 0.6) is 0 Å². The maximum Gasteiger partial charge on any atom is 0.435 e. The molecule has 0 N–H and O–H groups in total. The Kier molecular flexibility index (Phi) is 5.88. The molecule has 11 heteroatoms. The molecule has 0 aliphatic carbocycles. The monoisotopic (exact) mass is 443 g/mol. The third-order valence-corrected chi connectivity index (χ3v) is 5.61. The summed E-state index contributed by atoms with van der Waals surface area (Å²) in [4.78, 5) is 20.6. The molecule has 0 saturated carbocycles. The van der Waals surface area contributed by atoms with Gasteiger partial charge in [0.1, 0.15) is 5.82 Å². The molecule has 4 rings (SSSR count). The van der Waals surface area contributed by atoms with E-state index in [9.17, 15) is 18.0 Å². The predicted octanol–water partition coefficient (Wildman–Crippen LogP) is 3.26. The lowest BCUT2D eigenvalue weighted by molar-refractivity contribution is -0.141. The van der Waals surface area contributed by atoms with E-state index in [0.717, 1.165) is 12.5 Å². The Hall–Kier alpha value is -2.33. The Labute approximate surface area is 176 Å². The zero-order valence-corrected chi connectivity index (χ0v) is 16.9. The minimum atomic E-state index is -4.46. The standard InChI is InChI=1S/C19H21ClF3N5O2/c20-15-10-13(18(29)26-6-8-30-9-7-26)11-24-17(15)27-4-1-2-14(12-27)28-5-3-16(25-28)19(21,22)23/h3,5,10-11,14H,1-2,4,6-9,12H2. The largest absolute Gasteiger partial charge is 0.435 e. The van der Waals surface area contributed by atoms with Crippen LogP contribution in [-0.2, 0) is 10.9 Å². The number of alkyl halides is 3. The van der Waals surface area contributed by atoms with E-state index in [4.69, 9.17) is 16.3 Å². The molecule has 162 valence electrons. The summed E-state index contributed by atoms with van der Waals surface area (Å²) in [5.41, 5.74) is -0.497. The number of anilines is 1. The van der Waals surface area contributed by atoms with Gasteiger partial charge in [-0.05, 0) is 25.0 Å². The minimum Gasteiger partial charge on any atom is -0.378 e. The van der Waals surface area contributed by atoms with Crippen molar-refractivity contribution in [1.29, 1.82) is 0 Å². The third-order valence-electron chi connectivity index (χ3n) is 5.34. The molecule has 2 aliphatic heterocycles. The average molecular weight is 444 g/mol. The van der Waals surface area contributed by atoms with Crippen LogP contribution in [0.15, 0.2) is 24.5 Å². The lowest BCUT2D eigenvalue weighted by Gasteiger charge is -2.34. The molecule has 4 heterocycles. The zero-order chi connectivity index (χ0) is 21.3. The number of rotatable bonds is 3. The summed E-state index contributed by atoms with van der Waals surface area (Å²) in [5.74, 6) is 0.370. The Morgan fingerprint density at radius 2 is 2.00 bits per heavy atom. The molecule has 0 aromatic carbocycles. The van der Waals surface area contributed by atoms with Crippen molar-refractivity contribution in [2.45, 2.75) is 25.1 Å². The smallest absolute Gasteiger partial charge is 0.378 e. The van der Waals surface area contributed by atoms with E-state index in [1.54, 1.807) is 11.0 Å². The third kappa shape index (κ3) is 4.39. The second-order valence-electron chi connectivity index (χ2n) is 7.35. The first-order valence-corrected chi connectivity index (χ1v) is 10.1. The van der Waals surface area contributed by atoms with E-state index in [1.807, 2.05) is 4.90 Å². The van der Waals surface area contributed by atoms with Crippen LogP contribution < -0.4 is 4.90 Å². The van der Waals surface area contributed by atoms with Gasteiger partial charge in [-0.25, -0.2) is 4.98 Å². The normalized spacial score (nSPS) is 20.5. The van der Waals surface area contributed by atoms with Gasteiger partial charge in [0.25, 0.3) is 5.91 Å². The summed E-state index contributed by atoms with van der Waals surface area (Å²) >= 11 is 6.43. The van der Waals surface area contributed by atoms with Crippen LogP contribution >= 0.6 is 11.6 Å². The molecule has 1 amide bonds. The summed E-state index contributed by atoms with van der Waals surface area (Å²) in [6, 6.07) is 2.36. The summed E-state index contributed by atoms with van der Waals surface area (Å²) in [6.45, 7) is 3.16. The van der Waals surface area contributed by atoms with Crippen LogP contribution in [0, 0.1) is 0 Å². The number of aromatic nitrogens is 3. The van der Waals surface area contributed by atoms with E-state index < -0.39 is 11.9 Å². The molecule has 2 saturated heterocycles. The van der Waals surface area contributed by atoms with Gasteiger partial charge < -0.3 is 14.5 Å². The number of nitrogens with zero attached hydrogens (tertiary/aromatic N) is 5. The van der Waals surface area contributed by atoms with E-state index in [0.29, 0.717) is 62.2 Å². The average Bonchev–Trinajstić information content (AvgIpc) is 3.25. The van der Waals surface area contributed by atoms with Gasteiger partial charge in [-0.1, -0.05) is 11.6 Å². The number of amides is 1. The van der Waals surface area contributed by atoms with Crippen LogP contribution in [0.2, 0.25) is 5.02 Å². The predicted molar refractivity (Wildman–Crippen MR) is 104 cm³/mol. The fraction of sp³-hybridized carbons (Fsp3) is 0.526. The molecule has 7 nitrogen and oxygen atoms in total. The number of hydrogen-bond donors (Lipinski definition) is 0. The van der Waals surface area contributed by atoms with Gasteiger partial charge in [-0.3, -0.25) is 9.48 Å². The van der Waals surface area contributed by atoms with Crippen molar-refractivity contribution in [3.8, 4) is 0 Å². The topological polar surface area (TPSA) is 63.5 Å². The summed E-state index contributed by atoms with van der Waals surface area (Å²) in [5, 5.41) is 4.04. The first-order chi connectivity index (χ1) is 14.3. The molecule has 2 aliphatic rings. The Morgan fingerprint density at radius 3 is 2.67 bits per heavy atom. The molecule has 2 aromatic heterocycles. The number of carbonyl (C=O) groups is 1. The molecule has 0 spiro atoms. The fourth-order valence-corrected chi connectivity index (χ4v) is 4.07. The van der Waals surface area contributed by atoms with Crippen LogP contribution in [-0.4, -0.2) is 65.0 Å².